The van der Waals surface area contributed by atoms with E-state index in [9.17, 15) is 13.6 Å². The minimum Gasteiger partial charge on any atom is -0.355 e. The summed E-state index contributed by atoms with van der Waals surface area (Å²) in [5, 5.41) is 15.2. The zero-order valence-electron chi connectivity index (χ0n) is 20.3. The maximum Gasteiger partial charge on any atom is 0.273 e. The van der Waals surface area contributed by atoms with Crippen molar-refractivity contribution in [1.29, 1.82) is 0 Å². The molecule has 0 aliphatic carbocycles. The molecule has 0 spiro atoms. The van der Waals surface area contributed by atoms with E-state index >= 15 is 0 Å². The lowest BCUT2D eigenvalue weighted by Gasteiger charge is -2.28. The molecule has 188 valence electrons. The smallest absolute Gasteiger partial charge is 0.273 e. The van der Waals surface area contributed by atoms with E-state index < -0.39 is 23.0 Å². The summed E-state index contributed by atoms with van der Waals surface area (Å²) in [5.41, 5.74) is 2.36. The van der Waals surface area contributed by atoms with Crippen LogP contribution in [0.2, 0.25) is 0 Å². The first kappa shape index (κ1) is 24.0. The highest BCUT2D eigenvalue weighted by Gasteiger charge is 2.33. The molecule has 1 amide bonds. The number of pyridine rings is 1. The average molecular weight is 504 g/mol. The number of carbonyl (C=O) groups is 1. The summed E-state index contributed by atoms with van der Waals surface area (Å²) in [6, 6.07) is 12.0. The van der Waals surface area contributed by atoms with Gasteiger partial charge in [-0.25, -0.2) is 8.78 Å². The minimum atomic E-state index is -0.813. The maximum atomic E-state index is 14.1. The summed E-state index contributed by atoms with van der Waals surface area (Å²) in [6.07, 6.45) is 5.31. The van der Waals surface area contributed by atoms with Gasteiger partial charge in [0.2, 0.25) is 0 Å². The van der Waals surface area contributed by atoms with Crippen molar-refractivity contribution in [1.82, 2.24) is 35.0 Å². The number of aromatic nitrogens is 6. The molecule has 0 aliphatic heterocycles. The summed E-state index contributed by atoms with van der Waals surface area (Å²) in [5.74, 6) is -2.03. The van der Waals surface area contributed by atoms with Gasteiger partial charge >= 0.3 is 0 Å². The number of benzene rings is 1. The Bertz CT molecular complexity index is 1590. The van der Waals surface area contributed by atoms with Crippen LogP contribution in [-0.2, 0) is 19.5 Å². The Morgan fingerprint density at radius 1 is 1.11 bits per heavy atom. The molecule has 4 heterocycles. The number of nitrogens with zero attached hydrogens (tertiary/aromatic N) is 6. The summed E-state index contributed by atoms with van der Waals surface area (Å²) in [4.78, 5) is 17.9. The number of aryl methyl sites for hydroxylation is 2. The first-order valence-corrected chi connectivity index (χ1v) is 11.4. The van der Waals surface area contributed by atoms with Gasteiger partial charge in [0.15, 0.2) is 11.5 Å². The molecule has 5 rings (SSSR count). The van der Waals surface area contributed by atoms with Gasteiger partial charge < -0.3 is 9.84 Å². The number of hydrogen-bond acceptors (Lipinski definition) is 6. The van der Waals surface area contributed by atoms with Crippen molar-refractivity contribution in [3.63, 3.8) is 0 Å². The van der Waals surface area contributed by atoms with Crippen LogP contribution in [0.1, 0.15) is 28.7 Å². The highest BCUT2D eigenvalue weighted by Crippen LogP contribution is 2.32. The zero-order valence-corrected chi connectivity index (χ0v) is 20.3. The van der Waals surface area contributed by atoms with E-state index in [1.54, 1.807) is 21.8 Å². The quantitative estimate of drug-likeness (QED) is 0.362. The van der Waals surface area contributed by atoms with E-state index in [1.807, 2.05) is 51.5 Å². The first-order chi connectivity index (χ1) is 17.7. The highest BCUT2D eigenvalue weighted by molar-refractivity contribution is 5.93. The second kappa shape index (κ2) is 9.41. The van der Waals surface area contributed by atoms with Crippen molar-refractivity contribution in [2.45, 2.75) is 12.3 Å². The van der Waals surface area contributed by atoms with Crippen LogP contribution in [0.15, 0.2) is 71.6 Å². The lowest BCUT2D eigenvalue weighted by Crippen LogP contribution is -2.40. The van der Waals surface area contributed by atoms with Gasteiger partial charge in [0.05, 0.1) is 34.3 Å². The Labute approximate surface area is 210 Å². The van der Waals surface area contributed by atoms with Crippen LogP contribution in [0.25, 0.3) is 22.7 Å². The fraction of sp³-hybridized carbons (Fsp3) is 0.192. The first-order valence-electron chi connectivity index (χ1n) is 11.4. The van der Waals surface area contributed by atoms with Crippen molar-refractivity contribution in [3.05, 3.63) is 95.7 Å². The summed E-state index contributed by atoms with van der Waals surface area (Å²) < 4.78 is 36.0. The maximum absolute atomic E-state index is 14.1. The molecule has 0 aliphatic rings. The van der Waals surface area contributed by atoms with E-state index in [4.69, 9.17) is 9.51 Å². The van der Waals surface area contributed by atoms with Crippen molar-refractivity contribution in [2.24, 2.45) is 14.1 Å². The van der Waals surface area contributed by atoms with Crippen molar-refractivity contribution in [2.75, 3.05) is 6.54 Å². The lowest BCUT2D eigenvalue weighted by atomic mass is 9.80. The lowest BCUT2D eigenvalue weighted by molar-refractivity contribution is 0.0938. The molecule has 1 atom stereocenters. The molecule has 0 saturated carbocycles. The normalized spacial score (nSPS) is 12.9. The van der Waals surface area contributed by atoms with Crippen LogP contribution < -0.4 is 5.32 Å². The third-order valence-electron chi connectivity index (χ3n) is 6.28. The molecule has 9 nitrogen and oxygen atoms in total. The number of hydrogen-bond donors (Lipinski definition) is 1. The monoisotopic (exact) mass is 503 g/mol. The molecular formula is C26H23F2N7O2. The standard InChI is InChI=1S/C26H23F2N7O2/c1-26(16-13-31-34(2)14-16,24-6-4-5-20(32-24)22-9-10-30-35(22)3)15-29-25(36)21-12-23(37-33-21)18-8-7-17(27)11-19(18)28/h4-14H,15H2,1-3H3,(H,29,36). The van der Waals surface area contributed by atoms with E-state index in [-0.39, 0.29) is 23.6 Å². The van der Waals surface area contributed by atoms with Gasteiger partial charge in [-0.05, 0) is 37.3 Å². The Morgan fingerprint density at radius 3 is 2.65 bits per heavy atom. The third kappa shape index (κ3) is 4.63. The molecule has 37 heavy (non-hydrogen) atoms. The highest BCUT2D eigenvalue weighted by atomic mass is 19.1. The van der Waals surface area contributed by atoms with Gasteiger partial charge in [0, 0.05) is 50.7 Å². The molecule has 0 fully saturated rings. The van der Waals surface area contributed by atoms with Crippen LogP contribution in [0.4, 0.5) is 8.78 Å². The Kier molecular flexibility index (Phi) is 6.12. The Morgan fingerprint density at radius 2 is 1.95 bits per heavy atom. The second-order valence-electron chi connectivity index (χ2n) is 8.87. The largest absolute Gasteiger partial charge is 0.355 e. The van der Waals surface area contributed by atoms with Crippen LogP contribution in [0, 0.1) is 11.6 Å². The van der Waals surface area contributed by atoms with Crippen molar-refractivity contribution < 1.29 is 18.1 Å². The number of rotatable bonds is 7. The minimum absolute atomic E-state index is 0.00401. The molecule has 1 N–H and O–H groups in total. The third-order valence-corrected chi connectivity index (χ3v) is 6.28. The van der Waals surface area contributed by atoms with Crippen LogP contribution in [0.5, 0.6) is 0 Å². The molecule has 0 radical (unpaired) electrons. The molecule has 11 heteroatoms. The molecule has 1 aromatic carbocycles. The van der Waals surface area contributed by atoms with Crippen molar-refractivity contribution >= 4 is 5.91 Å². The van der Waals surface area contributed by atoms with Gasteiger partial charge in [0.25, 0.3) is 5.91 Å². The number of amides is 1. The fourth-order valence-electron chi connectivity index (χ4n) is 4.10. The average Bonchev–Trinajstić information content (AvgIpc) is 3.64. The zero-order chi connectivity index (χ0) is 26.2. The number of nitrogens with one attached hydrogen (secondary N) is 1. The molecule has 1 unspecified atom stereocenters. The SMILES string of the molecule is Cn1cc(C(C)(CNC(=O)c2cc(-c3ccc(F)cc3F)on2)c2cccc(-c3ccnn3C)n2)cn1. The topological polar surface area (TPSA) is 104 Å². The molecule has 5 aromatic rings. The van der Waals surface area contributed by atoms with Gasteiger partial charge in [0.1, 0.15) is 11.6 Å². The van der Waals surface area contributed by atoms with E-state index in [2.05, 4.69) is 20.7 Å². The Balaban J connectivity index is 1.43. The van der Waals surface area contributed by atoms with Gasteiger partial charge in [-0.3, -0.25) is 19.1 Å². The second-order valence-corrected chi connectivity index (χ2v) is 8.87. The van der Waals surface area contributed by atoms with E-state index in [0.29, 0.717) is 5.69 Å². The van der Waals surface area contributed by atoms with E-state index in [0.717, 1.165) is 29.1 Å². The molecular weight excluding hydrogens is 480 g/mol. The summed E-state index contributed by atoms with van der Waals surface area (Å²) in [6.45, 7) is 2.12. The predicted octanol–water partition coefficient (Wildman–Crippen LogP) is 3.88. The molecule has 4 aromatic heterocycles. The predicted molar refractivity (Wildman–Crippen MR) is 130 cm³/mol. The number of halogens is 2. The van der Waals surface area contributed by atoms with Crippen LogP contribution >= 0.6 is 0 Å². The van der Waals surface area contributed by atoms with Gasteiger partial charge in [-0.15, -0.1) is 0 Å². The number of carbonyl (C=O) groups excluding carboxylic acids is 1. The van der Waals surface area contributed by atoms with Crippen LogP contribution in [-0.4, -0.2) is 42.2 Å². The molecule has 0 bridgehead atoms. The van der Waals surface area contributed by atoms with Gasteiger partial charge in [-0.2, -0.15) is 10.2 Å². The summed E-state index contributed by atoms with van der Waals surface area (Å²) >= 11 is 0. The van der Waals surface area contributed by atoms with Crippen molar-refractivity contribution in [3.8, 4) is 22.7 Å². The summed E-state index contributed by atoms with van der Waals surface area (Å²) in [7, 11) is 3.65. The molecule has 0 saturated heterocycles. The van der Waals surface area contributed by atoms with E-state index in [1.165, 1.54) is 12.1 Å². The Hall–Kier alpha value is -4.67. The van der Waals surface area contributed by atoms with Gasteiger partial charge in [-0.1, -0.05) is 11.2 Å². The van der Waals surface area contributed by atoms with Crippen LogP contribution in [0.3, 0.4) is 0 Å². The fourth-order valence-corrected chi connectivity index (χ4v) is 4.10.